The molecule has 0 aliphatic heterocycles. The molecule has 1 fully saturated rings. The SMILES string of the molecule is Cc1nc2cccc(OCC(C)NC(=O)C3CCCCC3)c2c(N)c1C(=O)O. The van der Waals surface area contributed by atoms with Gasteiger partial charge in [0.25, 0.3) is 0 Å². The van der Waals surface area contributed by atoms with E-state index in [1.54, 1.807) is 25.1 Å². The average molecular weight is 385 g/mol. The molecule has 1 saturated carbocycles. The van der Waals surface area contributed by atoms with Crippen molar-refractivity contribution in [2.75, 3.05) is 12.3 Å². The number of fused-ring (bicyclic) bond motifs is 1. The van der Waals surface area contributed by atoms with Crippen LogP contribution in [-0.4, -0.2) is 34.6 Å². The van der Waals surface area contributed by atoms with Crippen LogP contribution in [0.2, 0.25) is 0 Å². The second-order valence-corrected chi connectivity index (χ2v) is 7.50. The van der Waals surface area contributed by atoms with E-state index in [1.165, 1.54) is 6.42 Å². The molecule has 0 spiro atoms. The highest BCUT2D eigenvalue weighted by molar-refractivity contribution is 6.06. The summed E-state index contributed by atoms with van der Waals surface area (Å²) in [5.74, 6) is -0.482. The van der Waals surface area contributed by atoms with Crippen LogP contribution in [0.5, 0.6) is 5.75 Å². The summed E-state index contributed by atoms with van der Waals surface area (Å²) >= 11 is 0. The molecule has 0 radical (unpaired) electrons. The normalized spacial score (nSPS) is 15.9. The molecule has 1 aromatic carbocycles. The maximum absolute atomic E-state index is 12.4. The van der Waals surface area contributed by atoms with E-state index >= 15 is 0 Å². The Hall–Kier alpha value is -2.83. The monoisotopic (exact) mass is 385 g/mol. The zero-order valence-electron chi connectivity index (χ0n) is 16.3. The summed E-state index contributed by atoms with van der Waals surface area (Å²) in [6, 6.07) is 5.11. The number of carbonyl (C=O) groups is 2. The number of amides is 1. The summed E-state index contributed by atoms with van der Waals surface area (Å²) < 4.78 is 5.90. The molecule has 7 heteroatoms. The number of aryl methyl sites for hydroxylation is 1. The Balaban J connectivity index is 1.74. The molecule has 1 unspecified atom stereocenters. The number of nitrogens with two attached hydrogens (primary N) is 1. The smallest absolute Gasteiger partial charge is 0.339 e. The van der Waals surface area contributed by atoms with Crippen molar-refractivity contribution in [2.24, 2.45) is 5.92 Å². The van der Waals surface area contributed by atoms with E-state index in [1.807, 2.05) is 6.92 Å². The fourth-order valence-corrected chi connectivity index (χ4v) is 3.81. The molecule has 2 aromatic rings. The molecular formula is C21H27N3O4. The third-order valence-electron chi connectivity index (χ3n) is 5.26. The van der Waals surface area contributed by atoms with Crippen LogP contribution < -0.4 is 15.8 Å². The van der Waals surface area contributed by atoms with E-state index < -0.39 is 5.97 Å². The second kappa shape index (κ2) is 8.46. The Labute approximate surface area is 164 Å². The summed E-state index contributed by atoms with van der Waals surface area (Å²) in [7, 11) is 0. The molecule has 0 saturated heterocycles. The number of hydrogen-bond donors (Lipinski definition) is 3. The number of nitrogen functional groups attached to an aromatic ring is 1. The number of rotatable bonds is 6. The molecule has 3 rings (SSSR count). The van der Waals surface area contributed by atoms with Crippen LogP contribution >= 0.6 is 0 Å². The van der Waals surface area contributed by atoms with Crippen LogP contribution in [0.1, 0.15) is 55.1 Å². The lowest BCUT2D eigenvalue weighted by Crippen LogP contribution is -2.40. The van der Waals surface area contributed by atoms with Gasteiger partial charge in [-0.3, -0.25) is 9.78 Å². The number of nitrogens with zero attached hydrogens (tertiary/aromatic N) is 1. The Kier molecular flexibility index (Phi) is 6.02. The molecule has 7 nitrogen and oxygen atoms in total. The van der Waals surface area contributed by atoms with Crippen LogP contribution in [0.4, 0.5) is 5.69 Å². The number of benzene rings is 1. The van der Waals surface area contributed by atoms with Gasteiger partial charge in [0.1, 0.15) is 17.9 Å². The molecule has 1 aromatic heterocycles. The fraction of sp³-hybridized carbons (Fsp3) is 0.476. The molecule has 4 N–H and O–H groups in total. The minimum absolute atomic E-state index is 0.0119. The van der Waals surface area contributed by atoms with E-state index in [0.29, 0.717) is 22.3 Å². The number of carboxylic acids is 1. The summed E-state index contributed by atoms with van der Waals surface area (Å²) in [4.78, 5) is 28.3. The largest absolute Gasteiger partial charge is 0.491 e. The van der Waals surface area contributed by atoms with Crippen molar-refractivity contribution in [2.45, 2.75) is 52.0 Å². The van der Waals surface area contributed by atoms with Gasteiger partial charge in [0.2, 0.25) is 5.91 Å². The first kappa shape index (κ1) is 19.9. The van der Waals surface area contributed by atoms with Crippen LogP contribution in [-0.2, 0) is 4.79 Å². The molecule has 150 valence electrons. The van der Waals surface area contributed by atoms with Gasteiger partial charge in [0, 0.05) is 5.92 Å². The number of aromatic nitrogens is 1. The van der Waals surface area contributed by atoms with Crippen molar-refractivity contribution in [3.63, 3.8) is 0 Å². The van der Waals surface area contributed by atoms with Gasteiger partial charge in [-0.25, -0.2) is 4.79 Å². The number of anilines is 1. The van der Waals surface area contributed by atoms with Crippen LogP contribution in [0.3, 0.4) is 0 Å². The Morgan fingerprint density at radius 2 is 2.04 bits per heavy atom. The summed E-state index contributed by atoms with van der Waals surface area (Å²) in [6.07, 6.45) is 5.31. The summed E-state index contributed by atoms with van der Waals surface area (Å²) in [6.45, 7) is 3.77. The van der Waals surface area contributed by atoms with E-state index in [-0.39, 0.29) is 35.7 Å². The topological polar surface area (TPSA) is 115 Å². The van der Waals surface area contributed by atoms with E-state index in [4.69, 9.17) is 10.5 Å². The maximum Gasteiger partial charge on any atom is 0.339 e. The van der Waals surface area contributed by atoms with Gasteiger partial charge in [0.05, 0.1) is 28.3 Å². The predicted octanol–water partition coefficient (Wildman–Crippen LogP) is 3.29. The molecule has 28 heavy (non-hydrogen) atoms. The number of ether oxygens (including phenoxy) is 1. The number of nitrogens with one attached hydrogen (secondary N) is 1. The first-order chi connectivity index (χ1) is 13.4. The summed E-state index contributed by atoms with van der Waals surface area (Å²) in [5, 5.41) is 12.9. The van der Waals surface area contributed by atoms with Crippen LogP contribution in [0.25, 0.3) is 10.9 Å². The van der Waals surface area contributed by atoms with Gasteiger partial charge in [-0.1, -0.05) is 25.3 Å². The highest BCUT2D eigenvalue weighted by Gasteiger charge is 2.23. The second-order valence-electron chi connectivity index (χ2n) is 7.50. The van der Waals surface area contributed by atoms with Crippen molar-refractivity contribution >= 4 is 28.5 Å². The van der Waals surface area contributed by atoms with Gasteiger partial charge in [-0.05, 0) is 38.8 Å². The van der Waals surface area contributed by atoms with Crippen molar-refractivity contribution in [1.29, 1.82) is 0 Å². The Morgan fingerprint density at radius 3 is 2.71 bits per heavy atom. The quantitative estimate of drug-likeness (QED) is 0.703. The molecule has 0 bridgehead atoms. The van der Waals surface area contributed by atoms with E-state index in [2.05, 4.69) is 10.3 Å². The highest BCUT2D eigenvalue weighted by atomic mass is 16.5. The minimum Gasteiger partial charge on any atom is -0.491 e. The lowest BCUT2D eigenvalue weighted by molar-refractivity contribution is -0.126. The number of hydrogen-bond acceptors (Lipinski definition) is 5. The van der Waals surface area contributed by atoms with Crippen molar-refractivity contribution < 1.29 is 19.4 Å². The van der Waals surface area contributed by atoms with E-state index in [0.717, 1.165) is 25.7 Å². The molecule has 1 aliphatic rings. The summed E-state index contributed by atoms with van der Waals surface area (Å²) in [5.41, 5.74) is 7.21. The average Bonchev–Trinajstić information content (AvgIpc) is 2.66. The number of carboxylic acid groups (broad SMARTS) is 1. The third-order valence-corrected chi connectivity index (χ3v) is 5.26. The van der Waals surface area contributed by atoms with Crippen LogP contribution in [0, 0.1) is 12.8 Å². The first-order valence-electron chi connectivity index (χ1n) is 9.73. The van der Waals surface area contributed by atoms with Crippen LogP contribution in [0.15, 0.2) is 18.2 Å². The van der Waals surface area contributed by atoms with E-state index in [9.17, 15) is 14.7 Å². The zero-order chi connectivity index (χ0) is 20.3. The molecule has 1 heterocycles. The van der Waals surface area contributed by atoms with Crippen molar-refractivity contribution in [3.8, 4) is 5.75 Å². The number of carbonyl (C=O) groups excluding carboxylic acids is 1. The van der Waals surface area contributed by atoms with Crippen molar-refractivity contribution in [1.82, 2.24) is 10.3 Å². The molecule has 1 aliphatic carbocycles. The third kappa shape index (κ3) is 4.18. The van der Waals surface area contributed by atoms with Gasteiger partial charge >= 0.3 is 5.97 Å². The van der Waals surface area contributed by atoms with Gasteiger partial charge in [-0.15, -0.1) is 0 Å². The Bertz CT molecular complexity index is 891. The Morgan fingerprint density at radius 1 is 1.32 bits per heavy atom. The maximum atomic E-state index is 12.4. The molecule has 1 atom stereocenters. The standard InChI is InChI=1S/C21H27N3O4/c1-12(23-20(25)14-7-4-3-5-8-14)11-28-16-10-6-9-15-18(16)19(22)17(21(26)27)13(2)24-15/h6,9-10,12,14H,3-5,7-8,11H2,1-2H3,(H2,22,24)(H,23,25)(H,26,27). The molecule has 1 amide bonds. The highest BCUT2D eigenvalue weighted by Crippen LogP contribution is 2.33. The van der Waals surface area contributed by atoms with Gasteiger partial charge in [0.15, 0.2) is 0 Å². The number of pyridine rings is 1. The first-order valence-corrected chi connectivity index (χ1v) is 9.73. The van der Waals surface area contributed by atoms with Gasteiger partial charge < -0.3 is 20.9 Å². The fourth-order valence-electron chi connectivity index (χ4n) is 3.81. The lowest BCUT2D eigenvalue weighted by Gasteiger charge is -2.23. The van der Waals surface area contributed by atoms with Crippen molar-refractivity contribution in [3.05, 3.63) is 29.5 Å². The molecular weight excluding hydrogens is 358 g/mol. The number of aromatic carboxylic acids is 1. The zero-order valence-corrected chi connectivity index (χ0v) is 16.3. The lowest BCUT2D eigenvalue weighted by atomic mass is 9.88. The minimum atomic E-state index is -1.12. The van der Waals surface area contributed by atoms with Gasteiger partial charge in [-0.2, -0.15) is 0 Å². The predicted molar refractivity (Wildman–Crippen MR) is 108 cm³/mol.